The zero-order chi connectivity index (χ0) is 19.2. The smallest absolute Gasteiger partial charge is 0.206 e. The van der Waals surface area contributed by atoms with Gasteiger partial charge in [0.05, 0.1) is 26.1 Å². The van der Waals surface area contributed by atoms with Crippen molar-refractivity contribution in [3.63, 3.8) is 0 Å². The van der Waals surface area contributed by atoms with Gasteiger partial charge in [0.15, 0.2) is 5.76 Å². The number of benzene rings is 2. The molecule has 4 aromatic rings. The van der Waals surface area contributed by atoms with E-state index in [4.69, 9.17) is 14.1 Å². The van der Waals surface area contributed by atoms with E-state index in [-0.39, 0.29) is 0 Å². The van der Waals surface area contributed by atoms with Crippen LogP contribution in [0.3, 0.4) is 0 Å². The Bertz CT molecular complexity index is 1130. The number of hydrogen-bond acceptors (Lipinski definition) is 5. The van der Waals surface area contributed by atoms with Crippen LogP contribution in [0.25, 0.3) is 11.5 Å². The number of hydrogen-bond donors (Lipinski definition) is 0. The Morgan fingerprint density at radius 2 is 1.86 bits per heavy atom. The number of thiazole rings is 1. The van der Waals surface area contributed by atoms with Crippen molar-refractivity contribution in [2.24, 2.45) is 10.1 Å². The van der Waals surface area contributed by atoms with Crippen LogP contribution in [-0.4, -0.2) is 18.0 Å². The number of methoxy groups -OCH3 is 1. The minimum absolute atomic E-state index is 0.586. The molecule has 0 N–H and O–H groups in total. The van der Waals surface area contributed by atoms with Gasteiger partial charge in [-0.1, -0.05) is 42.5 Å². The molecule has 6 heteroatoms. The van der Waals surface area contributed by atoms with Crippen molar-refractivity contribution >= 4 is 17.6 Å². The molecule has 0 fully saturated rings. The molecule has 0 unspecified atom stereocenters. The van der Waals surface area contributed by atoms with Crippen molar-refractivity contribution in [2.45, 2.75) is 6.54 Å². The number of furan rings is 1. The predicted octanol–water partition coefficient (Wildman–Crippen LogP) is 4.80. The quantitative estimate of drug-likeness (QED) is 0.445. The summed E-state index contributed by atoms with van der Waals surface area (Å²) in [6, 6.07) is 21.7. The van der Waals surface area contributed by atoms with E-state index >= 15 is 0 Å². The maximum Gasteiger partial charge on any atom is 0.206 e. The van der Waals surface area contributed by atoms with Gasteiger partial charge >= 0.3 is 0 Å². The van der Waals surface area contributed by atoms with Gasteiger partial charge in [0, 0.05) is 10.9 Å². The molecular formula is C22H19N3O2S. The molecule has 0 saturated heterocycles. The molecule has 0 aliphatic rings. The fourth-order valence-electron chi connectivity index (χ4n) is 2.75. The minimum atomic E-state index is 0.586. The van der Waals surface area contributed by atoms with E-state index in [1.165, 1.54) is 11.3 Å². The molecule has 140 valence electrons. The molecule has 4 rings (SSSR count). The van der Waals surface area contributed by atoms with Gasteiger partial charge in [0.25, 0.3) is 0 Å². The lowest BCUT2D eigenvalue weighted by atomic mass is 10.2. The first kappa shape index (κ1) is 18.0. The van der Waals surface area contributed by atoms with E-state index in [2.05, 4.69) is 17.2 Å². The Labute approximate surface area is 166 Å². The van der Waals surface area contributed by atoms with Crippen molar-refractivity contribution in [3.05, 3.63) is 94.3 Å². The number of para-hydroxylation sites is 1. The van der Waals surface area contributed by atoms with Gasteiger partial charge in [0.1, 0.15) is 11.4 Å². The van der Waals surface area contributed by atoms with Crippen LogP contribution in [0.5, 0.6) is 5.75 Å². The molecule has 0 aliphatic carbocycles. The normalized spacial score (nSPS) is 12.0. The van der Waals surface area contributed by atoms with Crippen LogP contribution in [0.4, 0.5) is 0 Å². The lowest BCUT2D eigenvalue weighted by molar-refractivity contribution is 0.414. The first-order valence-corrected chi connectivity index (χ1v) is 9.69. The van der Waals surface area contributed by atoms with Gasteiger partial charge in [-0.05, 0) is 29.8 Å². The Balaban J connectivity index is 1.75. The summed E-state index contributed by atoms with van der Waals surface area (Å²) in [5, 5.41) is 6.68. The maximum absolute atomic E-state index is 5.58. The fourth-order valence-corrected chi connectivity index (χ4v) is 3.57. The van der Waals surface area contributed by atoms with Gasteiger partial charge in [0.2, 0.25) is 4.80 Å². The second-order valence-electron chi connectivity index (χ2n) is 5.98. The summed E-state index contributed by atoms with van der Waals surface area (Å²) in [5.41, 5.74) is 2.90. The molecule has 2 aromatic carbocycles. The van der Waals surface area contributed by atoms with Gasteiger partial charge in [-0.15, -0.1) is 11.3 Å². The van der Waals surface area contributed by atoms with Crippen LogP contribution >= 0.6 is 11.3 Å². The molecule has 28 heavy (non-hydrogen) atoms. The highest BCUT2D eigenvalue weighted by molar-refractivity contribution is 7.07. The van der Waals surface area contributed by atoms with Crippen LogP contribution in [0.2, 0.25) is 0 Å². The lowest BCUT2D eigenvalue weighted by Gasteiger charge is -2.04. The first-order chi connectivity index (χ1) is 13.8. The Hall–Kier alpha value is -3.38. The first-order valence-electron chi connectivity index (χ1n) is 8.81. The second-order valence-corrected chi connectivity index (χ2v) is 6.82. The van der Waals surface area contributed by atoms with Crippen molar-refractivity contribution in [2.75, 3.05) is 7.11 Å². The summed E-state index contributed by atoms with van der Waals surface area (Å²) in [6.07, 6.45) is 3.43. The summed E-state index contributed by atoms with van der Waals surface area (Å²) in [6.45, 7) is 0.586. The molecule has 5 nitrogen and oxygen atoms in total. The van der Waals surface area contributed by atoms with E-state index in [0.29, 0.717) is 6.54 Å². The Morgan fingerprint density at radius 3 is 2.64 bits per heavy atom. The van der Waals surface area contributed by atoms with Gasteiger partial charge in [-0.2, -0.15) is 5.10 Å². The minimum Gasteiger partial charge on any atom is -0.496 e. The molecule has 0 atom stereocenters. The standard InChI is InChI=1S/C22H19N3O2S/c1-26-20-11-6-5-10-18(20)15-24-25-19(21-12-7-13-27-21)16-28-22(25)23-14-17-8-3-2-4-9-17/h2-13,15-16H,14H2,1H3. The SMILES string of the molecule is COc1ccccc1C=Nn1c(-c2ccco2)csc1=NCc1ccccc1. The predicted molar refractivity (Wildman–Crippen MR) is 112 cm³/mol. The molecule has 0 spiro atoms. The number of ether oxygens (including phenoxy) is 1. The van der Waals surface area contributed by atoms with Crippen molar-refractivity contribution in [1.29, 1.82) is 0 Å². The van der Waals surface area contributed by atoms with E-state index in [9.17, 15) is 0 Å². The zero-order valence-corrected chi connectivity index (χ0v) is 16.2. The summed E-state index contributed by atoms with van der Waals surface area (Å²) < 4.78 is 12.8. The molecule has 0 aliphatic heterocycles. The average molecular weight is 389 g/mol. The molecule has 0 amide bonds. The third-order valence-electron chi connectivity index (χ3n) is 4.15. The Morgan fingerprint density at radius 1 is 1.04 bits per heavy atom. The molecule has 0 bridgehead atoms. The average Bonchev–Trinajstić information content (AvgIpc) is 3.41. The summed E-state index contributed by atoms with van der Waals surface area (Å²) in [5.74, 6) is 1.51. The van der Waals surface area contributed by atoms with Crippen LogP contribution in [0, 0.1) is 0 Å². The van der Waals surface area contributed by atoms with Crippen molar-refractivity contribution in [3.8, 4) is 17.2 Å². The highest BCUT2D eigenvalue weighted by Gasteiger charge is 2.10. The van der Waals surface area contributed by atoms with Gasteiger partial charge in [-0.3, -0.25) is 4.99 Å². The molecule has 0 radical (unpaired) electrons. The zero-order valence-electron chi connectivity index (χ0n) is 15.4. The van der Waals surface area contributed by atoms with Crippen molar-refractivity contribution < 1.29 is 9.15 Å². The number of rotatable bonds is 6. The third kappa shape index (κ3) is 3.97. The van der Waals surface area contributed by atoms with Crippen LogP contribution in [0.1, 0.15) is 11.1 Å². The van der Waals surface area contributed by atoms with Crippen molar-refractivity contribution in [1.82, 2.24) is 4.68 Å². The Kier molecular flexibility index (Phi) is 5.49. The maximum atomic E-state index is 5.58. The molecule has 2 heterocycles. The highest BCUT2D eigenvalue weighted by Crippen LogP contribution is 2.21. The fraction of sp³-hybridized carbons (Fsp3) is 0.0909. The number of nitrogens with zero attached hydrogens (tertiary/aromatic N) is 3. The van der Waals surface area contributed by atoms with Crippen LogP contribution in [0.15, 0.2) is 92.9 Å². The van der Waals surface area contributed by atoms with E-state index in [1.54, 1.807) is 24.3 Å². The topological polar surface area (TPSA) is 52.0 Å². The molecule has 2 aromatic heterocycles. The number of aromatic nitrogens is 1. The van der Waals surface area contributed by atoms with Gasteiger partial charge in [-0.25, -0.2) is 4.68 Å². The summed E-state index contributed by atoms with van der Waals surface area (Å²) in [7, 11) is 1.65. The highest BCUT2D eigenvalue weighted by atomic mass is 32.1. The van der Waals surface area contributed by atoms with E-state index < -0.39 is 0 Å². The molecule has 0 saturated carbocycles. The third-order valence-corrected chi connectivity index (χ3v) is 5.00. The van der Waals surface area contributed by atoms with E-state index in [1.807, 2.05) is 60.0 Å². The summed E-state index contributed by atoms with van der Waals surface area (Å²) in [4.78, 5) is 5.55. The second kappa shape index (κ2) is 8.54. The monoisotopic (exact) mass is 389 g/mol. The van der Waals surface area contributed by atoms with Crippen LogP contribution < -0.4 is 9.54 Å². The van der Waals surface area contributed by atoms with Crippen LogP contribution in [-0.2, 0) is 6.54 Å². The van der Waals surface area contributed by atoms with E-state index in [0.717, 1.165) is 33.1 Å². The summed E-state index contributed by atoms with van der Waals surface area (Å²) >= 11 is 1.53. The lowest BCUT2D eigenvalue weighted by Crippen LogP contribution is -2.12. The largest absolute Gasteiger partial charge is 0.496 e. The molecular weight excluding hydrogens is 370 g/mol. The van der Waals surface area contributed by atoms with Gasteiger partial charge < -0.3 is 9.15 Å².